The number of halogens is 3. The molecule has 0 aliphatic rings. The van der Waals surface area contributed by atoms with E-state index in [1.807, 2.05) is 0 Å². The summed E-state index contributed by atoms with van der Waals surface area (Å²) in [4.78, 5) is 0. The van der Waals surface area contributed by atoms with Crippen LogP contribution in [0.2, 0.25) is 0 Å². The molecule has 2 rings (SSSR count). The molecule has 1 atom stereocenters. The SMILES string of the molecule is C[C@](O)(c1cccc2ccccc12)C(F)(F)F. The molecule has 0 fully saturated rings. The monoisotopic (exact) mass is 240 g/mol. The lowest BCUT2D eigenvalue weighted by atomic mass is 9.90. The van der Waals surface area contributed by atoms with E-state index in [1.165, 1.54) is 12.1 Å². The molecular weight excluding hydrogens is 229 g/mol. The van der Waals surface area contributed by atoms with Crippen LogP contribution in [0.25, 0.3) is 10.8 Å². The highest BCUT2D eigenvalue weighted by Crippen LogP contribution is 2.41. The van der Waals surface area contributed by atoms with Gasteiger partial charge in [0.25, 0.3) is 0 Å². The van der Waals surface area contributed by atoms with Crippen LogP contribution in [0.1, 0.15) is 12.5 Å². The molecule has 0 bridgehead atoms. The van der Waals surface area contributed by atoms with E-state index in [2.05, 4.69) is 0 Å². The molecule has 1 nitrogen and oxygen atoms in total. The fourth-order valence-electron chi connectivity index (χ4n) is 1.80. The van der Waals surface area contributed by atoms with Crippen LogP contribution in [-0.2, 0) is 5.60 Å². The molecule has 0 aliphatic carbocycles. The van der Waals surface area contributed by atoms with E-state index >= 15 is 0 Å². The Morgan fingerprint density at radius 1 is 0.941 bits per heavy atom. The summed E-state index contributed by atoms with van der Waals surface area (Å²) in [5, 5.41) is 10.8. The van der Waals surface area contributed by atoms with Crippen molar-refractivity contribution in [3.05, 3.63) is 48.0 Å². The maximum Gasteiger partial charge on any atom is 0.421 e. The first-order valence-corrected chi connectivity index (χ1v) is 5.11. The van der Waals surface area contributed by atoms with Gasteiger partial charge in [0.2, 0.25) is 0 Å². The lowest BCUT2D eigenvalue weighted by molar-refractivity contribution is -0.258. The topological polar surface area (TPSA) is 20.2 Å². The Labute approximate surface area is 96.5 Å². The predicted octanol–water partition coefficient (Wildman–Crippen LogP) is 3.61. The number of aliphatic hydroxyl groups is 1. The third-order valence-electron chi connectivity index (χ3n) is 2.87. The molecule has 0 radical (unpaired) electrons. The molecule has 0 saturated heterocycles. The first kappa shape index (κ1) is 11.9. The Morgan fingerprint density at radius 2 is 1.53 bits per heavy atom. The minimum atomic E-state index is -4.70. The minimum absolute atomic E-state index is 0.122. The number of hydrogen-bond donors (Lipinski definition) is 1. The van der Waals surface area contributed by atoms with Crippen molar-refractivity contribution in [2.45, 2.75) is 18.7 Å². The van der Waals surface area contributed by atoms with Crippen LogP contribution in [0.4, 0.5) is 13.2 Å². The first-order valence-electron chi connectivity index (χ1n) is 5.11. The van der Waals surface area contributed by atoms with Crippen LogP contribution in [-0.4, -0.2) is 11.3 Å². The van der Waals surface area contributed by atoms with Crippen molar-refractivity contribution in [1.29, 1.82) is 0 Å². The van der Waals surface area contributed by atoms with Gasteiger partial charge >= 0.3 is 6.18 Å². The van der Waals surface area contributed by atoms with E-state index < -0.39 is 11.8 Å². The van der Waals surface area contributed by atoms with Gasteiger partial charge in [-0.3, -0.25) is 0 Å². The molecule has 0 aliphatic heterocycles. The van der Waals surface area contributed by atoms with Gasteiger partial charge in [-0.2, -0.15) is 13.2 Å². The van der Waals surface area contributed by atoms with Crippen LogP contribution >= 0.6 is 0 Å². The summed E-state index contributed by atoms with van der Waals surface area (Å²) in [6.07, 6.45) is -4.70. The second-order valence-corrected chi connectivity index (χ2v) is 4.10. The standard InChI is InChI=1S/C13H11F3O/c1-12(17,13(14,15)16)11-8-4-6-9-5-2-3-7-10(9)11/h2-8,17H,1H3/t12-/m0/s1. The molecule has 0 aromatic heterocycles. The van der Waals surface area contributed by atoms with Gasteiger partial charge in [-0.15, -0.1) is 0 Å². The van der Waals surface area contributed by atoms with Gasteiger partial charge in [0, 0.05) is 5.56 Å². The highest BCUT2D eigenvalue weighted by molar-refractivity contribution is 5.86. The third-order valence-corrected chi connectivity index (χ3v) is 2.87. The number of hydrogen-bond acceptors (Lipinski definition) is 1. The number of alkyl halides is 3. The van der Waals surface area contributed by atoms with E-state index in [0.29, 0.717) is 10.8 Å². The van der Waals surface area contributed by atoms with Crippen molar-refractivity contribution in [2.24, 2.45) is 0 Å². The van der Waals surface area contributed by atoms with Crippen molar-refractivity contribution >= 4 is 10.8 Å². The average Bonchev–Trinajstić information content (AvgIpc) is 2.26. The second-order valence-electron chi connectivity index (χ2n) is 4.10. The maximum absolute atomic E-state index is 12.8. The predicted molar refractivity (Wildman–Crippen MR) is 59.6 cm³/mol. The van der Waals surface area contributed by atoms with Crippen molar-refractivity contribution in [3.63, 3.8) is 0 Å². The Hall–Kier alpha value is -1.55. The highest BCUT2D eigenvalue weighted by Gasteiger charge is 2.51. The fourth-order valence-corrected chi connectivity index (χ4v) is 1.80. The van der Waals surface area contributed by atoms with Crippen LogP contribution in [0, 0.1) is 0 Å². The molecule has 0 unspecified atom stereocenters. The molecule has 90 valence electrons. The second kappa shape index (κ2) is 3.74. The fraction of sp³-hybridized carbons (Fsp3) is 0.231. The summed E-state index contributed by atoms with van der Waals surface area (Å²) in [6, 6.07) is 11.2. The van der Waals surface area contributed by atoms with Crippen molar-refractivity contribution in [3.8, 4) is 0 Å². The number of benzene rings is 2. The minimum Gasteiger partial charge on any atom is -0.376 e. The van der Waals surface area contributed by atoms with Crippen molar-refractivity contribution in [1.82, 2.24) is 0 Å². The molecule has 0 amide bonds. The van der Waals surface area contributed by atoms with Gasteiger partial charge in [0.05, 0.1) is 0 Å². The molecule has 0 saturated carbocycles. The highest BCUT2D eigenvalue weighted by atomic mass is 19.4. The van der Waals surface area contributed by atoms with Gasteiger partial charge < -0.3 is 5.11 Å². The molecule has 1 N–H and O–H groups in total. The third kappa shape index (κ3) is 1.89. The summed E-state index contributed by atoms with van der Waals surface area (Å²) in [5.41, 5.74) is -2.96. The zero-order valence-corrected chi connectivity index (χ0v) is 9.12. The average molecular weight is 240 g/mol. The quantitative estimate of drug-likeness (QED) is 0.807. The van der Waals surface area contributed by atoms with Gasteiger partial charge in [-0.1, -0.05) is 42.5 Å². The number of rotatable bonds is 1. The lowest BCUT2D eigenvalue weighted by Gasteiger charge is -2.27. The Balaban J connectivity index is 2.72. The molecule has 0 heterocycles. The van der Waals surface area contributed by atoms with E-state index in [4.69, 9.17) is 0 Å². The summed E-state index contributed by atoms with van der Waals surface area (Å²) in [6.45, 7) is 0.773. The Kier molecular flexibility index (Phi) is 2.62. The van der Waals surface area contributed by atoms with E-state index in [1.54, 1.807) is 30.3 Å². The molecule has 0 spiro atoms. The van der Waals surface area contributed by atoms with Crippen LogP contribution in [0.5, 0.6) is 0 Å². The molecule has 2 aromatic carbocycles. The normalized spacial score (nSPS) is 15.8. The van der Waals surface area contributed by atoms with Gasteiger partial charge in [-0.05, 0) is 17.7 Å². The summed E-state index contributed by atoms with van der Waals surface area (Å²) < 4.78 is 38.4. The molecule has 4 heteroatoms. The zero-order valence-electron chi connectivity index (χ0n) is 9.12. The van der Waals surface area contributed by atoms with E-state index in [-0.39, 0.29) is 5.56 Å². The van der Waals surface area contributed by atoms with Gasteiger partial charge in [-0.25, -0.2) is 0 Å². The first-order chi connectivity index (χ1) is 7.84. The van der Waals surface area contributed by atoms with Crippen LogP contribution in [0.3, 0.4) is 0 Å². The molecule has 17 heavy (non-hydrogen) atoms. The van der Waals surface area contributed by atoms with Crippen LogP contribution < -0.4 is 0 Å². The summed E-state index contributed by atoms with van der Waals surface area (Å²) in [5.74, 6) is 0. The van der Waals surface area contributed by atoms with E-state index in [9.17, 15) is 18.3 Å². The Morgan fingerprint density at radius 3 is 2.18 bits per heavy atom. The maximum atomic E-state index is 12.8. The summed E-state index contributed by atoms with van der Waals surface area (Å²) >= 11 is 0. The van der Waals surface area contributed by atoms with Crippen molar-refractivity contribution in [2.75, 3.05) is 0 Å². The van der Waals surface area contributed by atoms with Crippen LogP contribution in [0.15, 0.2) is 42.5 Å². The molecule has 2 aromatic rings. The van der Waals surface area contributed by atoms with Crippen molar-refractivity contribution < 1.29 is 18.3 Å². The Bertz CT molecular complexity index is 538. The lowest BCUT2D eigenvalue weighted by Crippen LogP contribution is -2.39. The molecular formula is C13H11F3O. The van der Waals surface area contributed by atoms with Gasteiger partial charge in [0.1, 0.15) is 0 Å². The van der Waals surface area contributed by atoms with E-state index in [0.717, 1.165) is 6.92 Å². The summed E-state index contributed by atoms with van der Waals surface area (Å²) in [7, 11) is 0. The smallest absolute Gasteiger partial charge is 0.376 e. The number of fused-ring (bicyclic) bond motifs is 1. The zero-order chi connectivity index (χ0) is 12.7. The van der Waals surface area contributed by atoms with Gasteiger partial charge in [0.15, 0.2) is 5.60 Å². The largest absolute Gasteiger partial charge is 0.421 e.